The van der Waals surface area contributed by atoms with Crippen molar-refractivity contribution in [1.29, 1.82) is 0 Å². The molecule has 2 aromatic rings. The molecule has 21 heavy (non-hydrogen) atoms. The fourth-order valence-corrected chi connectivity index (χ4v) is 3.75. The lowest BCUT2D eigenvalue weighted by Gasteiger charge is -2.16. The average Bonchev–Trinajstić information content (AvgIpc) is 2.68. The molecule has 0 saturated carbocycles. The van der Waals surface area contributed by atoms with Crippen molar-refractivity contribution in [2.75, 3.05) is 7.05 Å². The third-order valence-electron chi connectivity index (χ3n) is 3.08. The van der Waals surface area contributed by atoms with Crippen LogP contribution in [0, 0.1) is 12.7 Å². The topological polar surface area (TPSA) is 12.0 Å². The highest BCUT2D eigenvalue weighted by Crippen LogP contribution is 2.36. The molecule has 0 radical (unpaired) electrons. The van der Waals surface area contributed by atoms with E-state index >= 15 is 0 Å². The first-order valence-electron chi connectivity index (χ1n) is 6.03. The van der Waals surface area contributed by atoms with E-state index in [4.69, 9.17) is 0 Å². The summed E-state index contributed by atoms with van der Waals surface area (Å²) < 4.78 is 52.4. The Bertz CT molecular complexity index is 631. The zero-order chi connectivity index (χ0) is 15.8. The van der Waals surface area contributed by atoms with Crippen LogP contribution in [-0.4, -0.2) is 7.05 Å². The Balaban J connectivity index is 2.42. The number of nitrogens with one attached hydrogen (secondary N) is 1. The lowest BCUT2D eigenvalue weighted by Crippen LogP contribution is -2.17. The Kier molecular flexibility index (Phi) is 4.75. The molecule has 7 heteroatoms. The second-order valence-electron chi connectivity index (χ2n) is 4.56. The van der Waals surface area contributed by atoms with Gasteiger partial charge in [0, 0.05) is 4.88 Å². The van der Waals surface area contributed by atoms with Crippen molar-refractivity contribution >= 4 is 27.3 Å². The summed E-state index contributed by atoms with van der Waals surface area (Å²) in [6.07, 6.45) is -4.68. The summed E-state index contributed by atoms with van der Waals surface area (Å²) in [5.41, 5.74) is 0.240. The molecule has 1 heterocycles. The van der Waals surface area contributed by atoms with Gasteiger partial charge in [0.05, 0.1) is 15.4 Å². The van der Waals surface area contributed by atoms with E-state index in [2.05, 4.69) is 21.2 Å². The van der Waals surface area contributed by atoms with Crippen molar-refractivity contribution in [3.8, 4) is 0 Å². The van der Waals surface area contributed by atoms with E-state index in [1.165, 1.54) is 17.4 Å². The third-order valence-corrected chi connectivity index (χ3v) is 5.28. The molecule has 114 valence electrons. The number of alkyl halides is 3. The molecule has 0 bridgehead atoms. The number of hydrogen-bond donors (Lipinski definition) is 1. The minimum absolute atomic E-state index is 0.350. The molecule has 0 aliphatic rings. The van der Waals surface area contributed by atoms with Crippen molar-refractivity contribution in [3.63, 3.8) is 0 Å². The third kappa shape index (κ3) is 3.46. The molecule has 1 aromatic heterocycles. The van der Waals surface area contributed by atoms with E-state index in [-0.39, 0.29) is 6.04 Å². The van der Waals surface area contributed by atoms with E-state index in [1.807, 2.05) is 13.0 Å². The summed E-state index contributed by atoms with van der Waals surface area (Å²) in [6, 6.07) is 4.59. The van der Waals surface area contributed by atoms with Crippen molar-refractivity contribution in [3.05, 3.63) is 55.4 Å². The molecular weight excluding hydrogens is 370 g/mol. The Morgan fingerprint density at radius 3 is 2.33 bits per heavy atom. The molecule has 1 nitrogen and oxygen atoms in total. The zero-order valence-corrected chi connectivity index (χ0v) is 13.6. The Labute approximate surface area is 132 Å². The van der Waals surface area contributed by atoms with Crippen LogP contribution in [0.4, 0.5) is 17.6 Å². The maximum Gasteiger partial charge on any atom is 0.419 e. The second-order valence-corrected chi connectivity index (χ2v) is 6.97. The van der Waals surface area contributed by atoms with Crippen LogP contribution in [0.3, 0.4) is 0 Å². The fraction of sp³-hybridized carbons (Fsp3) is 0.286. The van der Waals surface area contributed by atoms with Gasteiger partial charge >= 0.3 is 6.18 Å². The van der Waals surface area contributed by atoms with Crippen LogP contribution >= 0.6 is 27.3 Å². The Morgan fingerprint density at radius 1 is 1.24 bits per heavy atom. The monoisotopic (exact) mass is 381 g/mol. The van der Waals surface area contributed by atoms with Gasteiger partial charge in [0.25, 0.3) is 0 Å². The van der Waals surface area contributed by atoms with Gasteiger partial charge in [0.2, 0.25) is 0 Å². The molecule has 1 N–H and O–H groups in total. The van der Waals surface area contributed by atoms with Gasteiger partial charge in [-0.3, -0.25) is 0 Å². The Hall–Kier alpha value is -0.920. The van der Waals surface area contributed by atoms with Gasteiger partial charge in [-0.2, -0.15) is 13.2 Å². The lowest BCUT2D eigenvalue weighted by molar-refractivity contribution is -0.140. The number of hydrogen-bond acceptors (Lipinski definition) is 2. The molecule has 1 unspecified atom stereocenters. The highest BCUT2D eigenvalue weighted by Gasteiger charge is 2.34. The molecule has 1 aromatic carbocycles. The van der Waals surface area contributed by atoms with Crippen LogP contribution < -0.4 is 5.32 Å². The molecule has 0 aliphatic carbocycles. The summed E-state index contributed by atoms with van der Waals surface area (Å²) in [4.78, 5) is 0.904. The van der Waals surface area contributed by atoms with Gasteiger partial charge in [-0.1, -0.05) is 6.07 Å². The largest absolute Gasteiger partial charge is 0.419 e. The van der Waals surface area contributed by atoms with Crippen LogP contribution in [0.15, 0.2) is 28.1 Å². The van der Waals surface area contributed by atoms with Crippen molar-refractivity contribution < 1.29 is 17.6 Å². The zero-order valence-electron chi connectivity index (χ0n) is 11.2. The van der Waals surface area contributed by atoms with Gasteiger partial charge in [-0.05, 0) is 59.2 Å². The van der Waals surface area contributed by atoms with Gasteiger partial charge in [-0.25, -0.2) is 4.39 Å². The minimum Gasteiger partial charge on any atom is -0.309 e. The maximum absolute atomic E-state index is 13.7. The normalized spacial score (nSPS) is 13.5. The van der Waals surface area contributed by atoms with E-state index in [1.54, 1.807) is 7.05 Å². The van der Waals surface area contributed by atoms with Crippen molar-refractivity contribution in [2.24, 2.45) is 0 Å². The second kappa shape index (κ2) is 6.06. The summed E-state index contributed by atoms with van der Waals surface area (Å²) in [6.45, 7) is 1.92. The lowest BCUT2D eigenvalue weighted by atomic mass is 10.0. The molecule has 1 atom stereocenters. The standard InChI is InChI=1S/C14H12BrF4NS/c1-7-5-11(21-13(7)15)12(20-2)8-3-4-9(10(16)6-8)14(17,18)19/h3-6,12,20H,1-2H3. The average molecular weight is 382 g/mol. The van der Waals surface area contributed by atoms with Crippen LogP contribution in [-0.2, 0) is 6.18 Å². The quantitative estimate of drug-likeness (QED) is 0.712. The molecule has 0 spiro atoms. The molecule has 0 amide bonds. The van der Waals surface area contributed by atoms with Crippen LogP contribution in [0.25, 0.3) is 0 Å². The highest BCUT2D eigenvalue weighted by atomic mass is 79.9. The first-order chi connectivity index (χ1) is 9.74. The fourth-order valence-electron chi connectivity index (χ4n) is 2.04. The Morgan fingerprint density at radius 2 is 1.90 bits per heavy atom. The first kappa shape index (κ1) is 16.5. The molecule has 0 fully saturated rings. The predicted molar refractivity (Wildman–Crippen MR) is 79.1 cm³/mol. The molecule has 0 saturated heterocycles. The maximum atomic E-state index is 13.7. The van der Waals surface area contributed by atoms with E-state index in [0.29, 0.717) is 5.56 Å². The number of benzene rings is 1. The van der Waals surface area contributed by atoms with Crippen LogP contribution in [0.1, 0.15) is 27.6 Å². The number of rotatable bonds is 3. The van der Waals surface area contributed by atoms with Gasteiger partial charge in [-0.15, -0.1) is 11.3 Å². The predicted octanol–water partition coefficient (Wildman–Crippen LogP) is 5.29. The van der Waals surface area contributed by atoms with Crippen molar-refractivity contribution in [2.45, 2.75) is 19.1 Å². The number of halogens is 5. The number of thiophene rings is 1. The van der Waals surface area contributed by atoms with Crippen LogP contribution in [0.2, 0.25) is 0 Å². The first-order valence-corrected chi connectivity index (χ1v) is 7.64. The summed E-state index contributed by atoms with van der Waals surface area (Å²) in [5.74, 6) is -1.26. The van der Waals surface area contributed by atoms with Gasteiger partial charge < -0.3 is 5.32 Å². The summed E-state index contributed by atoms with van der Waals surface area (Å²) in [7, 11) is 1.68. The van der Waals surface area contributed by atoms with E-state index in [0.717, 1.165) is 26.4 Å². The minimum atomic E-state index is -4.68. The molecular formula is C14H12BrF4NS. The van der Waals surface area contributed by atoms with Gasteiger partial charge in [0.15, 0.2) is 0 Å². The van der Waals surface area contributed by atoms with E-state index in [9.17, 15) is 17.6 Å². The SMILES string of the molecule is CNC(c1ccc(C(F)(F)F)c(F)c1)c1cc(C)c(Br)s1. The summed E-state index contributed by atoms with van der Waals surface area (Å²) in [5, 5.41) is 3.00. The summed E-state index contributed by atoms with van der Waals surface area (Å²) >= 11 is 4.87. The van der Waals surface area contributed by atoms with E-state index < -0.39 is 17.6 Å². The van der Waals surface area contributed by atoms with Crippen molar-refractivity contribution in [1.82, 2.24) is 5.32 Å². The number of aryl methyl sites for hydroxylation is 1. The highest BCUT2D eigenvalue weighted by molar-refractivity contribution is 9.11. The molecule has 2 rings (SSSR count). The molecule has 0 aliphatic heterocycles. The van der Waals surface area contributed by atoms with Gasteiger partial charge in [0.1, 0.15) is 5.82 Å². The van der Waals surface area contributed by atoms with Crippen LogP contribution in [0.5, 0.6) is 0 Å². The smallest absolute Gasteiger partial charge is 0.309 e.